The summed E-state index contributed by atoms with van der Waals surface area (Å²) in [6.07, 6.45) is 4.24. The minimum absolute atomic E-state index is 0.0698. The van der Waals surface area contributed by atoms with Gasteiger partial charge in [0.05, 0.1) is 0 Å². The Morgan fingerprint density at radius 2 is 2.04 bits per heavy atom. The second-order valence-electron chi connectivity index (χ2n) is 7.16. The Labute approximate surface area is 144 Å². The molecule has 0 saturated carbocycles. The van der Waals surface area contributed by atoms with E-state index < -0.39 is 0 Å². The Morgan fingerprint density at radius 3 is 2.75 bits per heavy atom. The molecule has 132 valence electrons. The van der Waals surface area contributed by atoms with E-state index in [2.05, 4.69) is 36.1 Å². The molecule has 1 N–H and O–H groups in total. The van der Waals surface area contributed by atoms with Crippen LogP contribution in [-0.2, 0) is 11.2 Å². The van der Waals surface area contributed by atoms with Gasteiger partial charge in [-0.15, -0.1) is 0 Å². The molecule has 0 spiro atoms. The number of carbonyl (C=O) groups excluding carboxylic acids is 1. The molecule has 0 atom stereocenters. The summed E-state index contributed by atoms with van der Waals surface area (Å²) in [6, 6.07) is 0. The molecule has 1 amide bonds. The SMILES string of the molecule is CC(C)c1nc2c(c(N(C)CCC3CCOCC3)n1)CCNC2=O. The predicted octanol–water partition coefficient (Wildman–Crippen LogP) is 2.14. The normalized spacial score (nSPS) is 18.4. The first kappa shape index (κ1) is 17.1. The van der Waals surface area contributed by atoms with Crippen LogP contribution in [0.3, 0.4) is 0 Å². The van der Waals surface area contributed by atoms with Crippen molar-refractivity contribution in [2.24, 2.45) is 5.92 Å². The average Bonchev–Trinajstić information content (AvgIpc) is 2.60. The van der Waals surface area contributed by atoms with Gasteiger partial charge in [-0.2, -0.15) is 0 Å². The van der Waals surface area contributed by atoms with Crippen molar-refractivity contribution < 1.29 is 9.53 Å². The number of nitrogens with zero attached hydrogens (tertiary/aromatic N) is 3. The number of fused-ring (bicyclic) bond motifs is 1. The highest BCUT2D eigenvalue weighted by Gasteiger charge is 2.26. The van der Waals surface area contributed by atoms with Crippen LogP contribution in [-0.4, -0.2) is 49.2 Å². The summed E-state index contributed by atoms with van der Waals surface area (Å²) >= 11 is 0. The average molecular weight is 332 g/mol. The van der Waals surface area contributed by atoms with Crippen LogP contribution in [0, 0.1) is 5.92 Å². The Kier molecular flexibility index (Phi) is 5.33. The Morgan fingerprint density at radius 1 is 1.29 bits per heavy atom. The predicted molar refractivity (Wildman–Crippen MR) is 93.6 cm³/mol. The van der Waals surface area contributed by atoms with E-state index in [1.54, 1.807) is 0 Å². The number of rotatable bonds is 5. The summed E-state index contributed by atoms with van der Waals surface area (Å²) in [4.78, 5) is 23.7. The molecule has 1 aromatic heterocycles. The Balaban J connectivity index is 1.81. The first-order valence-electron chi connectivity index (χ1n) is 9.04. The van der Waals surface area contributed by atoms with Crippen LogP contribution in [0.25, 0.3) is 0 Å². The van der Waals surface area contributed by atoms with Gasteiger partial charge in [-0.1, -0.05) is 13.8 Å². The molecule has 0 aliphatic carbocycles. The smallest absolute Gasteiger partial charge is 0.270 e. The van der Waals surface area contributed by atoms with Gasteiger partial charge in [-0.3, -0.25) is 4.79 Å². The molecular formula is C18H28N4O2. The molecule has 1 fully saturated rings. The van der Waals surface area contributed by atoms with Crippen LogP contribution in [0.4, 0.5) is 5.82 Å². The summed E-state index contributed by atoms with van der Waals surface area (Å²) in [5.74, 6) is 2.54. The van der Waals surface area contributed by atoms with E-state index in [1.165, 1.54) is 0 Å². The van der Waals surface area contributed by atoms with Crippen molar-refractivity contribution in [1.29, 1.82) is 0 Å². The molecule has 3 heterocycles. The van der Waals surface area contributed by atoms with Crippen molar-refractivity contribution in [2.75, 3.05) is 38.3 Å². The molecule has 2 aliphatic heterocycles. The monoisotopic (exact) mass is 332 g/mol. The molecular weight excluding hydrogens is 304 g/mol. The first-order chi connectivity index (χ1) is 11.6. The number of hydrogen-bond donors (Lipinski definition) is 1. The van der Waals surface area contributed by atoms with Gasteiger partial charge in [0.15, 0.2) is 0 Å². The highest BCUT2D eigenvalue weighted by molar-refractivity contribution is 5.96. The molecule has 1 aromatic rings. The van der Waals surface area contributed by atoms with Gasteiger partial charge in [0.25, 0.3) is 5.91 Å². The van der Waals surface area contributed by atoms with E-state index in [4.69, 9.17) is 9.72 Å². The number of carbonyl (C=O) groups is 1. The number of ether oxygens (including phenoxy) is 1. The van der Waals surface area contributed by atoms with Crippen LogP contribution in [0.5, 0.6) is 0 Å². The number of aromatic nitrogens is 2. The van der Waals surface area contributed by atoms with Crippen LogP contribution >= 0.6 is 0 Å². The highest BCUT2D eigenvalue weighted by atomic mass is 16.5. The van der Waals surface area contributed by atoms with Gasteiger partial charge in [0.2, 0.25) is 0 Å². The lowest BCUT2D eigenvalue weighted by molar-refractivity contribution is 0.0645. The maximum absolute atomic E-state index is 12.2. The molecule has 2 aliphatic rings. The van der Waals surface area contributed by atoms with Gasteiger partial charge in [0, 0.05) is 44.8 Å². The standard InChI is InChI=1S/C18H28N4O2/c1-12(2)16-20-15-14(4-8-19-18(15)23)17(21-16)22(3)9-5-13-6-10-24-11-7-13/h12-13H,4-11H2,1-3H3,(H,19,23). The van der Waals surface area contributed by atoms with Crippen molar-refractivity contribution in [3.8, 4) is 0 Å². The third-order valence-corrected chi connectivity index (χ3v) is 4.97. The summed E-state index contributed by atoms with van der Waals surface area (Å²) in [7, 11) is 2.08. The van der Waals surface area contributed by atoms with E-state index in [-0.39, 0.29) is 11.8 Å². The zero-order valence-corrected chi connectivity index (χ0v) is 15.0. The summed E-state index contributed by atoms with van der Waals surface area (Å²) in [5, 5.41) is 2.89. The lowest BCUT2D eigenvalue weighted by atomic mass is 9.96. The lowest BCUT2D eigenvalue weighted by Crippen LogP contribution is -2.36. The third kappa shape index (κ3) is 3.69. The van der Waals surface area contributed by atoms with Crippen LogP contribution in [0.1, 0.15) is 60.9 Å². The van der Waals surface area contributed by atoms with Crippen molar-refractivity contribution in [2.45, 2.75) is 45.4 Å². The molecule has 0 aromatic carbocycles. The minimum Gasteiger partial charge on any atom is -0.381 e. The maximum Gasteiger partial charge on any atom is 0.270 e. The van der Waals surface area contributed by atoms with E-state index in [9.17, 15) is 4.79 Å². The molecule has 6 heteroatoms. The number of anilines is 1. The third-order valence-electron chi connectivity index (χ3n) is 4.97. The van der Waals surface area contributed by atoms with Gasteiger partial charge < -0.3 is 15.0 Å². The Hall–Kier alpha value is -1.69. The summed E-state index contributed by atoms with van der Waals surface area (Å²) in [6.45, 7) is 7.51. The molecule has 3 rings (SSSR count). The van der Waals surface area contributed by atoms with Crippen molar-refractivity contribution >= 4 is 11.7 Å². The van der Waals surface area contributed by atoms with Crippen LogP contribution in [0.2, 0.25) is 0 Å². The number of amides is 1. The number of nitrogens with one attached hydrogen (secondary N) is 1. The summed E-state index contributed by atoms with van der Waals surface area (Å²) in [5.41, 5.74) is 1.56. The fourth-order valence-corrected chi connectivity index (χ4v) is 3.38. The molecule has 6 nitrogen and oxygen atoms in total. The fourth-order valence-electron chi connectivity index (χ4n) is 3.38. The van der Waals surface area contributed by atoms with Gasteiger partial charge in [-0.05, 0) is 31.6 Å². The largest absolute Gasteiger partial charge is 0.381 e. The minimum atomic E-state index is -0.0698. The van der Waals surface area contributed by atoms with Crippen molar-refractivity contribution in [3.05, 3.63) is 17.1 Å². The van der Waals surface area contributed by atoms with Crippen molar-refractivity contribution in [1.82, 2.24) is 15.3 Å². The molecule has 0 unspecified atom stereocenters. The first-order valence-corrected chi connectivity index (χ1v) is 9.04. The maximum atomic E-state index is 12.2. The molecule has 24 heavy (non-hydrogen) atoms. The van der Waals surface area contributed by atoms with E-state index in [0.717, 1.165) is 68.6 Å². The van der Waals surface area contributed by atoms with Crippen LogP contribution in [0.15, 0.2) is 0 Å². The zero-order valence-electron chi connectivity index (χ0n) is 15.0. The van der Waals surface area contributed by atoms with E-state index >= 15 is 0 Å². The lowest BCUT2D eigenvalue weighted by Gasteiger charge is -2.28. The van der Waals surface area contributed by atoms with Gasteiger partial charge >= 0.3 is 0 Å². The topological polar surface area (TPSA) is 67.3 Å². The highest BCUT2D eigenvalue weighted by Crippen LogP contribution is 2.27. The van der Waals surface area contributed by atoms with E-state index in [1.807, 2.05) is 0 Å². The van der Waals surface area contributed by atoms with Crippen molar-refractivity contribution in [3.63, 3.8) is 0 Å². The fraction of sp³-hybridized carbons (Fsp3) is 0.722. The van der Waals surface area contributed by atoms with E-state index in [0.29, 0.717) is 12.2 Å². The molecule has 0 bridgehead atoms. The Bertz CT molecular complexity index is 597. The zero-order chi connectivity index (χ0) is 17.1. The second kappa shape index (κ2) is 7.47. The summed E-state index contributed by atoms with van der Waals surface area (Å²) < 4.78 is 5.44. The molecule has 1 saturated heterocycles. The second-order valence-corrected chi connectivity index (χ2v) is 7.16. The quantitative estimate of drug-likeness (QED) is 0.895. The molecule has 0 radical (unpaired) electrons. The number of hydrogen-bond acceptors (Lipinski definition) is 5. The van der Waals surface area contributed by atoms with Gasteiger partial charge in [-0.25, -0.2) is 9.97 Å². The van der Waals surface area contributed by atoms with Crippen LogP contribution < -0.4 is 10.2 Å². The van der Waals surface area contributed by atoms with Gasteiger partial charge in [0.1, 0.15) is 17.3 Å².